The zero-order valence-corrected chi connectivity index (χ0v) is 8.54. The Morgan fingerprint density at radius 1 is 1.15 bits per heavy atom. The van der Waals surface area contributed by atoms with Gasteiger partial charge in [0.15, 0.2) is 0 Å². The second kappa shape index (κ2) is 8.01. The van der Waals surface area contributed by atoms with Crippen molar-refractivity contribution in [2.75, 3.05) is 20.3 Å². The van der Waals surface area contributed by atoms with Crippen molar-refractivity contribution < 1.29 is 19.0 Å². The number of ether oxygens (including phenoxy) is 3. The average molecular weight is 190 g/mol. The lowest BCUT2D eigenvalue weighted by Gasteiger charge is -2.15. The largest absolute Gasteiger partial charge is 0.465 e. The van der Waals surface area contributed by atoms with E-state index in [9.17, 15) is 4.79 Å². The van der Waals surface area contributed by atoms with Crippen LogP contribution in [-0.4, -0.2) is 32.6 Å². The molecule has 0 unspecified atom stereocenters. The summed E-state index contributed by atoms with van der Waals surface area (Å²) in [5.74, 6) is -0.470. The highest BCUT2D eigenvalue weighted by Gasteiger charge is 2.19. The van der Waals surface area contributed by atoms with E-state index in [1.807, 2.05) is 13.8 Å². The molecule has 0 aromatic heterocycles. The summed E-state index contributed by atoms with van der Waals surface area (Å²) in [4.78, 5) is 11.1. The van der Waals surface area contributed by atoms with Crippen LogP contribution < -0.4 is 0 Å². The van der Waals surface area contributed by atoms with Crippen molar-refractivity contribution in [3.05, 3.63) is 0 Å². The van der Waals surface area contributed by atoms with Crippen LogP contribution in [0.15, 0.2) is 0 Å². The van der Waals surface area contributed by atoms with Gasteiger partial charge in [0.25, 0.3) is 6.29 Å². The van der Waals surface area contributed by atoms with Crippen molar-refractivity contribution in [1.29, 1.82) is 0 Å². The summed E-state index contributed by atoms with van der Waals surface area (Å²) in [7, 11) is 1.32. The number of esters is 1. The third-order valence-electron chi connectivity index (χ3n) is 1.34. The van der Waals surface area contributed by atoms with Gasteiger partial charge in [-0.05, 0) is 12.8 Å². The van der Waals surface area contributed by atoms with Gasteiger partial charge in [-0.3, -0.25) is 0 Å². The molecule has 0 bridgehead atoms. The zero-order valence-electron chi connectivity index (χ0n) is 8.54. The summed E-state index contributed by atoms with van der Waals surface area (Å²) in [6.07, 6.45) is 0.844. The highest BCUT2D eigenvalue weighted by atomic mass is 16.7. The van der Waals surface area contributed by atoms with E-state index >= 15 is 0 Å². The van der Waals surface area contributed by atoms with Crippen LogP contribution in [0.1, 0.15) is 26.7 Å². The fourth-order valence-corrected chi connectivity index (χ4v) is 0.730. The second-order valence-corrected chi connectivity index (χ2v) is 2.60. The minimum atomic E-state index is -0.857. The molecular weight excluding hydrogens is 172 g/mol. The quantitative estimate of drug-likeness (QED) is 0.449. The van der Waals surface area contributed by atoms with E-state index < -0.39 is 12.3 Å². The van der Waals surface area contributed by atoms with Gasteiger partial charge in [0, 0.05) is 0 Å². The molecule has 0 aliphatic rings. The summed E-state index contributed by atoms with van der Waals surface area (Å²) in [6, 6.07) is 0. The molecule has 0 aromatic rings. The van der Waals surface area contributed by atoms with Gasteiger partial charge in [-0.1, -0.05) is 13.8 Å². The van der Waals surface area contributed by atoms with Crippen LogP contribution in [0.5, 0.6) is 0 Å². The lowest BCUT2D eigenvalue weighted by atomic mass is 10.5. The Hall–Kier alpha value is -0.610. The maximum atomic E-state index is 11.1. The molecule has 0 atom stereocenters. The molecule has 0 aromatic carbocycles. The summed E-state index contributed by atoms with van der Waals surface area (Å²) in [6.45, 7) is 4.94. The van der Waals surface area contributed by atoms with Crippen LogP contribution in [-0.2, 0) is 19.0 Å². The van der Waals surface area contributed by atoms with E-state index in [-0.39, 0.29) is 0 Å². The van der Waals surface area contributed by atoms with E-state index in [1.54, 1.807) is 0 Å². The molecule has 4 nitrogen and oxygen atoms in total. The highest BCUT2D eigenvalue weighted by molar-refractivity contribution is 5.72. The molecular formula is C9H18O4. The Morgan fingerprint density at radius 2 is 1.62 bits per heavy atom. The summed E-state index contributed by atoms with van der Waals surface area (Å²) in [5.41, 5.74) is 0. The first-order valence-electron chi connectivity index (χ1n) is 4.57. The molecule has 0 aliphatic heterocycles. The molecule has 78 valence electrons. The number of rotatable bonds is 7. The fraction of sp³-hybridized carbons (Fsp3) is 0.889. The molecule has 4 heteroatoms. The number of hydrogen-bond acceptors (Lipinski definition) is 4. The summed E-state index contributed by atoms with van der Waals surface area (Å²) in [5, 5.41) is 0. The molecule has 0 aliphatic carbocycles. The van der Waals surface area contributed by atoms with Crippen molar-refractivity contribution >= 4 is 5.97 Å². The summed E-state index contributed by atoms with van der Waals surface area (Å²) >= 11 is 0. The molecule has 0 N–H and O–H groups in total. The normalized spacial score (nSPS) is 10.5. The van der Waals surface area contributed by atoms with Crippen molar-refractivity contribution in [3.63, 3.8) is 0 Å². The van der Waals surface area contributed by atoms with Crippen LogP contribution >= 0.6 is 0 Å². The van der Waals surface area contributed by atoms with Gasteiger partial charge in [0.2, 0.25) is 0 Å². The molecule has 0 amide bonds. The molecule has 0 radical (unpaired) electrons. The lowest BCUT2D eigenvalue weighted by molar-refractivity contribution is -0.192. The van der Waals surface area contributed by atoms with Gasteiger partial charge in [-0.15, -0.1) is 0 Å². The van der Waals surface area contributed by atoms with E-state index in [0.717, 1.165) is 12.8 Å². The van der Waals surface area contributed by atoms with E-state index in [0.29, 0.717) is 13.2 Å². The van der Waals surface area contributed by atoms with Gasteiger partial charge in [-0.25, -0.2) is 4.79 Å². The maximum Gasteiger partial charge on any atom is 0.363 e. The molecule has 0 rings (SSSR count). The predicted molar refractivity (Wildman–Crippen MR) is 48.3 cm³/mol. The van der Waals surface area contributed by atoms with Gasteiger partial charge < -0.3 is 14.2 Å². The number of methoxy groups -OCH3 is 1. The average Bonchev–Trinajstić information content (AvgIpc) is 2.17. The Kier molecular flexibility index (Phi) is 7.63. The first kappa shape index (κ1) is 12.4. The minimum Gasteiger partial charge on any atom is -0.465 e. The topological polar surface area (TPSA) is 44.8 Å². The summed E-state index contributed by atoms with van der Waals surface area (Å²) < 4.78 is 14.8. The van der Waals surface area contributed by atoms with Crippen molar-refractivity contribution in [2.24, 2.45) is 0 Å². The van der Waals surface area contributed by atoms with Crippen molar-refractivity contribution in [2.45, 2.75) is 33.0 Å². The lowest BCUT2D eigenvalue weighted by Crippen LogP contribution is -2.29. The van der Waals surface area contributed by atoms with Gasteiger partial charge >= 0.3 is 5.97 Å². The fourth-order valence-electron chi connectivity index (χ4n) is 0.730. The third kappa shape index (κ3) is 5.60. The number of carbonyl (C=O) groups is 1. The van der Waals surface area contributed by atoms with E-state index in [2.05, 4.69) is 4.74 Å². The standard InChI is InChI=1S/C9H18O4/c1-4-6-12-9(8(10)11-3)13-7-5-2/h9H,4-7H2,1-3H3. The Balaban J connectivity index is 3.79. The highest BCUT2D eigenvalue weighted by Crippen LogP contribution is 1.99. The van der Waals surface area contributed by atoms with E-state index in [1.165, 1.54) is 7.11 Å². The first-order chi connectivity index (χ1) is 6.26. The van der Waals surface area contributed by atoms with Crippen molar-refractivity contribution in [3.8, 4) is 0 Å². The van der Waals surface area contributed by atoms with Gasteiger partial charge in [-0.2, -0.15) is 0 Å². The van der Waals surface area contributed by atoms with Crippen LogP contribution in [0.2, 0.25) is 0 Å². The Morgan fingerprint density at radius 3 is 1.92 bits per heavy atom. The maximum absolute atomic E-state index is 11.1. The van der Waals surface area contributed by atoms with E-state index in [4.69, 9.17) is 9.47 Å². The van der Waals surface area contributed by atoms with Crippen LogP contribution in [0.3, 0.4) is 0 Å². The third-order valence-corrected chi connectivity index (χ3v) is 1.34. The van der Waals surface area contributed by atoms with Crippen LogP contribution in [0.25, 0.3) is 0 Å². The second-order valence-electron chi connectivity index (χ2n) is 2.60. The number of carbonyl (C=O) groups excluding carboxylic acids is 1. The van der Waals surface area contributed by atoms with Crippen LogP contribution in [0, 0.1) is 0 Å². The smallest absolute Gasteiger partial charge is 0.363 e. The molecule has 0 saturated carbocycles. The van der Waals surface area contributed by atoms with Crippen molar-refractivity contribution in [1.82, 2.24) is 0 Å². The molecule has 0 fully saturated rings. The number of hydrogen-bond donors (Lipinski definition) is 0. The SMILES string of the molecule is CCCOC(OCCC)C(=O)OC. The molecule has 0 spiro atoms. The molecule has 0 saturated heterocycles. The monoisotopic (exact) mass is 190 g/mol. The van der Waals surface area contributed by atoms with Gasteiger partial charge in [0.1, 0.15) is 0 Å². The van der Waals surface area contributed by atoms with Gasteiger partial charge in [0.05, 0.1) is 20.3 Å². The first-order valence-corrected chi connectivity index (χ1v) is 4.57. The Bertz CT molecular complexity index is 128. The minimum absolute atomic E-state index is 0.470. The molecule has 13 heavy (non-hydrogen) atoms. The zero-order chi connectivity index (χ0) is 10.1. The predicted octanol–water partition coefficient (Wildman–Crippen LogP) is 1.34. The molecule has 0 heterocycles. The Labute approximate surface area is 79.2 Å². The van der Waals surface area contributed by atoms with Crippen LogP contribution in [0.4, 0.5) is 0 Å².